The van der Waals surface area contributed by atoms with E-state index in [4.69, 9.17) is 18.9 Å². The summed E-state index contributed by atoms with van der Waals surface area (Å²) in [4.78, 5) is 27.4. The minimum Gasteiger partial charge on any atom is -0.460 e. The number of nitrogens with zero attached hydrogens (tertiary/aromatic N) is 1. The number of hydrogen-bond acceptors (Lipinski definition) is 6. The number of anilines is 1. The number of amides is 2. The van der Waals surface area contributed by atoms with Gasteiger partial charge in [0.15, 0.2) is 11.5 Å². The SMILES string of the molecule is COCCOC(=O)C1=C(C)N(c2ccc3c(c2)OCO3)C(=O)N[C@H]1c1ccc(F)cc1. The number of carbonyl (C=O) groups is 2. The fourth-order valence-corrected chi connectivity index (χ4v) is 3.54. The van der Waals surface area contributed by atoms with Crippen molar-refractivity contribution in [2.24, 2.45) is 0 Å². The van der Waals surface area contributed by atoms with Crippen LogP contribution in [0.2, 0.25) is 0 Å². The van der Waals surface area contributed by atoms with Gasteiger partial charge in [-0.25, -0.2) is 14.0 Å². The fourth-order valence-electron chi connectivity index (χ4n) is 3.54. The highest BCUT2D eigenvalue weighted by Crippen LogP contribution is 2.39. The van der Waals surface area contributed by atoms with Crippen LogP contribution in [0, 0.1) is 5.82 Å². The number of fused-ring (bicyclic) bond motifs is 1. The number of allylic oxidation sites excluding steroid dienone is 1. The van der Waals surface area contributed by atoms with E-state index in [1.165, 1.54) is 36.3 Å². The third kappa shape index (κ3) is 4.04. The highest BCUT2D eigenvalue weighted by Gasteiger charge is 2.37. The van der Waals surface area contributed by atoms with Crippen LogP contribution in [-0.2, 0) is 14.3 Å². The van der Waals surface area contributed by atoms with Crippen LogP contribution in [0.3, 0.4) is 0 Å². The zero-order valence-corrected chi connectivity index (χ0v) is 17.0. The van der Waals surface area contributed by atoms with Crippen LogP contribution < -0.4 is 19.7 Å². The Kier molecular flexibility index (Phi) is 5.77. The van der Waals surface area contributed by atoms with Gasteiger partial charge in [-0.15, -0.1) is 0 Å². The van der Waals surface area contributed by atoms with E-state index in [-0.39, 0.29) is 25.6 Å². The molecule has 0 aliphatic carbocycles. The molecule has 2 heterocycles. The number of benzene rings is 2. The van der Waals surface area contributed by atoms with Crippen molar-refractivity contribution in [3.63, 3.8) is 0 Å². The van der Waals surface area contributed by atoms with Crippen LogP contribution in [0.1, 0.15) is 18.5 Å². The molecule has 2 aliphatic rings. The molecule has 2 aromatic rings. The average molecular weight is 428 g/mol. The summed E-state index contributed by atoms with van der Waals surface area (Å²) in [6.07, 6.45) is 0. The zero-order valence-electron chi connectivity index (χ0n) is 17.0. The number of hydrogen-bond donors (Lipinski definition) is 1. The quantitative estimate of drug-likeness (QED) is 0.561. The first-order valence-corrected chi connectivity index (χ1v) is 9.62. The number of esters is 1. The van der Waals surface area contributed by atoms with Crippen LogP contribution in [0.4, 0.5) is 14.9 Å². The van der Waals surface area contributed by atoms with Gasteiger partial charge in [0.05, 0.1) is 23.9 Å². The van der Waals surface area contributed by atoms with Crippen LogP contribution in [0.25, 0.3) is 0 Å². The molecule has 31 heavy (non-hydrogen) atoms. The molecule has 0 saturated carbocycles. The summed E-state index contributed by atoms with van der Waals surface area (Å²) >= 11 is 0. The van der Waals surface area contributed by atoms with Crippen LogP contribution in [-0.4, -0.2) is 39.1 Å². The molecule has 0 fully saturated rings. The van der Waals surface area contributed by atoms with Crippen molar-refractivity contribution in [2.45, 2.75) is 13.0 Å². The van der Waals surface area contributed by atoms with Crippen molar-refractivity contribution in [2.75, 3.05) is 32.0 Å². The van der Waals surface area contributed by atoms with E-state index in [1.807, 2.05) is 0 Å². The minimum atomic E-state index is -0.798. The van der Waals surface area contributed by atoms with Gasteiger partial charge >= 0.3 is 12.0 Å². The van der Waals surface area contributed by atoms with Crippen molar-refractivity contribution in [3.05, 3.63) is 65.1 Å². The molecule has 2 aromatic carbocycles. The van der Waals surface area contributed by atoms with E-state index in [9.17, 15) is 14.0 Å². The number of halogens is 1. The lowest BCUT2D eigenvalue weighted by atomic mass is 9.94. The first kappa shape index (κ1) is 20.7. The standard InChI is InChI=1S/C22H21FN2O6/c1-13-19(21(26)29-10-9-28-2)20(14-3-5-15(23)6-4-14)24-22(27)25(13)16-7-8-17-18(11-16)31-12-30-17/h3-8,11,20H,9-10,12H2,1-2H3,(H,24,27)/t20-/m0/s1. The van der Waals surface area contributed by atoms with Gasteiger partial charge in [0.25, 0.3) is 0 Å². The summed E-state index contributed by atoms with van der Waals surface area (Å²) in [7, 11) is 1.50. The number of urea groups is 1. The van der Waals surface area contributed by atoms with Gasteiger partial charge in [-0.1, -0.05) is 12.1 Å². The molecular weight excluding hydrogens is 407 g/mol. The lowest BCUT2D eigenvalue weighted by Gasteiger charge is -2.35. The minimum absolute atomic E-state index is 0.0558. The van der Waals surface area contributed by atoms with Crippen molar-refractivity contribution >= 4 is 17.7 Å². The van der Waals surface area contributed by atoms with Gasteiger partial charge in [0.2, 0.25) is 6.79 Å². The molecular formula is C22H21FN2O6. The maximum atomic E-state index is 13.4. The summed E-state index contributed by atoms with van der Waals surface area (Å²) < 4.78 is 34.4. The molecule has 0 spiro atoms. The second kappa shape index (κ2) is 8.65. The molecule has 4 rings (SSSR count). The van der Waals surface area contributed by atoms with Crippen LogP contribution in [0.5, 0.6) is 11.5 Å². The molecule has 1 atom stereocenters. The van der Waals surface area contributed by atoms with E-state index in [0.717, 1.165) is 0 Å². The fraction of sp³-hybridized carbons (Fsp3) is 0.273. The predicted molar refractivity (Wildman–Crippen MR) is 108 cm³/mol. The lowest BCUT2D eigenvalue weighted by Crippen LogP contribution is -2.48. The van der Waals surface area contributed by atoms with Gasteiger partial charge in [-0.2, -0.15) is 0 Å². The summed E-state index contributed by atoms with van der Waals surface area (Å²) in [5.74, 6) is 0.0570. The van der Waals surface area contributed by atoms with Gasteiger partial charge in [0.1, 0.15) is 12.4 Å². The first-order chi connectivity index (χ1) is 15.0. The van der Waals surface area contributed by atoms with Crippen molar-refractivity contribution in [3.8, 4) is 11.5 Å². The molecule has 0 unspecified atom stereocenters. The molecule has 2 aliphatic heterocycles. The van der Waals surface area contributed by atoms with E-state index < -0.39 is 23.9 Å². The van der Waals surface area contributed by atoms with Crippen LogP contribution in [0.15, 0.2) is 53.7 Å². The zero-order chi connectivity index (χ0) is 22.0. The summed E-state index contributed by atoms with van der Waals surface area (Å²) in [5, 5.41) is 2.82. The Bertz CT molecular complexity index is 1040. The Morgan fingerprint density at radius 1 is 1.16 bits per heavy atom. The van der Waals surface area contributed by atoms with Gasteiger partial charge in [0, 0.05) is 18.9 Å². The number of nitrogens with one attached hydrogen (secondary N) is 1. The first-order valence-electron chi connectivity index (χ1n) is 9.62. The molecule has 0 bridgehead atoms. The Hall–Kier alpha value is -3.59. The number of ether oxygens (including phenoxy) is 4. The molecule has 0 saturated heterocycles. The van der Waals surface area contributed by atoms with E-state index in [0.29, 0.717) is 28.4 Å². The van der Waals surface area contributed by atoms with Gasteiger partial charge in [-0.05, 0) is 36.8 Å². The summed E-state index contributed by atoms with van der Waals surface area (Å²) in [6, 6.07) is 9.40. The second-order valence-electron chi connectivity index (χ2n) is 6.93. The van der Waals surface area contributed by atoms with Crippen molar-refractivity contribution < 1.29 is 32.9 Å². The number of methoxy groups -OCH3 is 1. The summed E-state index contributed by atoms with van der Waals surface area (Å²) in [6.45, 7) is 2.05. The molecule has 9 heteroatoms. The number of rotatable bonds is 6. The highest BCUT2D eigenvalue weighted by molar-refractivity contribution is 6.03. The Labute approximate surface area is 178 Å². The monoisotopic (exact) mass is 428 g/mol. The Balaban J connectivity index is 1.75. The van der Waals surface area contributed by atoms with E-state index in [2.05, 4.69) is 5.32 Å². The Morgan fingerprint density at radius 2 is 1.90 bits per heavy atom. The predicted octanol–water partition coefficient (Wildman–Crippen LogP) is 3.29. The molecule has 0 aromatic heterocycles. The maximum absolute atomic E-state index is 13.4. The lowest BCUT2D eigenvalue weighted by molar-refractivity contribution is -0.140. The topological polar surface area (TPSA) is 86.3 Å². The van der Waals surface area contributed by atoms with Crippen LogP contribution >= 0.6 is 0 Å². The van der Waals surface area contributed by atoms with E-state index in [1.54, 1.807) is 25.1 Å². The Morgan fingerprint density at radius 3 is 2.65 bits per heavy atom. The van der Waals surface area contributed by atoms with E-state index >= 15 is 0 Å². The molecule has 162 valence electrons. The summed E-state index contributed by atoms with van der Waals surface area (Å²) in [5.41, 5.74) is 1.68. The molecule has 0 radical (unpaired) electrons. The maximum Gasteiger partial charge on any atom is 0.338 e. The number of carbonyl (C=O) groups excluding carboxylic acids is 2. The highest BCUT2D eigenvalue weighted by atomic mass is 19.1. The normalized spacial score (nSPS) is 17.6. The second-order valence-corrected chi connectivity index (χ2v) is 6.93. The smallest absolute Gasteiger partial charge is 0.338 e. The van der Waals surface area contributed by atoms with Crippen molar-refractivity contribution in [1.29, 1.82) is 0 Å². The largest absolute Gasteiger partial charge is 0.460 e. The average Bonchev–Trinajstić information content (AvgIpc) is 3.22. The molecule has 2 amide bonds. The van der Waals surface area contributed by atoms with Crippen molar-refractivity contribution in [1.82, 2.24) is 5.32 Å². The third-order valence-electron chi connectivity index (χ3n) is 5.04. The molecule has 8 nitrogen and oxygen atoms in total. The van der Waals surface area contributed by atoms with Gasteiger partial charge in [-0.3, -0.25) is 4.90 Å². The third-order valence-corrected chi connectivity index (χ3v) is 5.04. The van der Waals surface area contributed by atoms with Gasteiger partial charge < -0.3 is 24.3 Å². The molecule has 1 N–H and O–H groups in total.